The van der Waals surface area contributed by atoms with E-state index >= 15 is 0 Å². The Morgan fingerprint density at radius 2 is 1.84 bits per heavy atom. The lowest BCUT2D eigenvalue weighted by Crippen LogP contribution is -2.46. The van der Waals surface area contributed by atoms with Crippen LogP contribution >= 0.6 is 23.8 Å². The molecule has 1 atom stereocenters. The maximum absolute atomic E-state index is 13.0. The van der Waals surface area contributed by atoms with Crippen LogP contribution in [0.3, 0.4) is 0 Å². The zero-order valence-corrected chi connectivity index (χ0v) is 17.7. The van der Waals surface area contributed by atoms with E-state index in [0.717, 1.165) is 16.0 Å². The van der Waals surface area contributed by atoms with Crippen molar-refractivity contribution in [3.63, 3.8) is 0 Å². The molecule has 4 rings (SSSR count). The molecule has 0 spiro atoms. The fourth-order valence-corrected chi connectivity index (χ4v) is 3.75. The quantitative estimate of drug-likeness (QED) is 0.427. The largest absolute Gasteiger partial charge is 0.480 e. The highest BCUT2D eigenvalue weighted by atomic mass is 35.5. The fourth-order valence-electron chi connectivity index (χ4n) is 3.30. The van der Waals surface area contributed by atoms with Gasteiger partial charge in [0, 0.05) is 23.1 Å². The average Bonchev–Trinajstić information content (AvgIpc) is 3.32. The maximum atomic E-state index is 13.0. The molecule has 31 heavy (non-hydrogen) atoms. The predicted octanol–water partition coefficient (Wildman–Crippen LogP) is 4.35. The summed E-state index contributed by atoms with van der Waals surface area (Å²) in [7, 11) is 0. The normalized spacial score (nSPS) is 15.9. The van der Waals surface area contributed by atoms with Gasteiger partial charge < -0.3 is 14.8 Å². The van der Waals surface area contributed by atoms with E-state index in [4.69, 9.17) is 28.2 Å². The Morgan fingerprint density at radius 1 is 1.13 bits per heavy atom. The number of amides is 1. The van der Waals surface area contributed by atoms with Crippen molar-refractivity contribution in [1.82, 2.24) is 10.2 Å². The van der Waals surface area contributed by atoms with Gasteiger partial charge in [-0.2, -0.15) is 0 Å². The predicted molar refractivity (Wildman–Crippen MR) is 121 cm³/mol. The van der Waals surface area contributed by atoms with E-state index in [1.807, 2.05) is 42.5 Å². The van der Waals surface area contributed by atoms with E-state index in [-0.39, 0.29) is 17.2 Å². The molecular weight excluding hydrogens is 436 g/mol. The van der Waals surface area contributed by atoms with Crippen LogP contribution in [0.4, 0.5) is 0 Å². The number of thiocarbonyl (C=S) groups is 1. The Morgan fingerprint density at radius 3 is 2.52 bits per heavy atom. The van der Waals surface area contributed by atoms with Gasteiger partial charge in [-0.05, 0) is 54.2 Å². The van der Waals surface area contributed by atoms with Crippen LogP contribution in [-0.2, 0) is 16.0 Å². The van der Waals surface area contributed by atoms with E-state index in [2.05, 4.69) is 5.32 Å². The molecular formula is C23H17ClN2O4S. The highest BCUT2D eigenvalue weighted by Gasteiger charge is 2.39. The molecule has 2 aromatic carbocycles. The minimum Gasteiger partial charge on any atom is -0.480 e. The van der Waals surface area contributed by atoms with Crippen molar-refractivity contribution in [1.29, 1.82) is 0 Å². The number of halogens is 1. The van der Waals surface area contributed by atoms with Crippen molar-refractivity contribution < 1.29 is 19.1 Å². The highest BCUT2D eigenvalue weighted by molar-refractivity contribution is 7.80. The highest BCUT2D eigenvalue weighted by Crippen LogP contribution is 2.26. The first-order valence-electron chi connectivity index (χ1n) is 9.41. The Bertz CT molecular complexity index is 1170. The van der Waals surface area contributed by atoms with E-state index < -0.39 is 17.9 Å². The second-order valence-corrected chi connectivity index (χ2v) is 7.74. The van der Waals surface area contributed by atoms with Crippen LogP contribution in [0.1, 0.15) is 11.3 Å². The molecule has 6 nitrogen and oxygen atoms in total. The van der Waals surface area contributed by atoms with E-state index in [0.29, 0.717) is 16.5 Å². The smallest absolute Gasteiger partial charge is 0.327 e. The minimum atomic E-state index is -1.13. The van der Waals surface area contributed by atoms with Crippen LogP contribution in [0.5, 0.6) is 0 Å². The first kappa shape index (κ1) is 20.8. The minimum absolute atomic E-state index is 0.0454. The average molecular weight is 453 g/mol. The molecule has 0 radical (unpaired) electrons. The van der Waals surface area contributed by atoms with Crippen molar-refractivity contribution in [2.75, 3.05) is 0 Å². The van der Waals surface area contributed by atoms with Crippen LogP contribution < -0.4 is 5.32 Å². The standard InChI is InChI=1S/C23H17ClN2O4S/c24-16-8-6-15(7-9-16)20-11-10-17(30-20)13-18-21(27)26(23(31)25-18)19(22(28)29)12-14-4-2-1-3-5-14/h1-11,13,19H,12H2,(H,25,31)(H,28,29)/b18-13+. The molecule has 1 aliphatic rings. The molecule has 156 valence electrons. The number of nitrogens with zero attached hydrogens (tertiary/aromatic N) is 1. The third kappa shape index (κ3) is 4.52. The lowest BCUT2D eigenvalue weighted by molar-refractivity contribution is -0.145. The molecule has 1 aliphatic heterocycles. The topological polar surface area (TPSA) is 82.8 Å². The van der Waals surface area contributed by atoms with Crippen LogP contribution in [0.2, 0.25) is 5.02 Å². The fraction of sp³-hybridized carbons (Fsp3) is 0.0870. The molecule has 1 aromatic heterocycles. The van der Waals surface area contributed by atoms with Gasteiger partial charge in [-0.3, -0.25) is 9.69 Å². The summed E-state index contributed by atoms with van der Waals surface area (Å²) in [6.07, 6.45) is 1.65. The van der Waals surface area contributed by atoms with Crippen molar-refractivity contribution in [2.24, 2.45) is 0 Å². The first-order valence-corrected chi connectivity index (χ1v) is 10.2. The summed E-state index contributed by atoms with van der Waals surface area (Å²) >= 11 is 11.2. The second-order valence-electron chi connectivity index (χ2n) is 6.92. The van der Waals surface area contributed by atoms with Gasteiger partial charge in [-0.25, -0.2) is 4.79 Å². The molecule has 2 heterocycles. The van der Waals surface area contributed by atoms with E-state index in [9.17, 15) is 14.7 Å². The third-order valence-corrected chi connectivity index (χ3v) is 5.37. The molecule has 1 saturated heterocycles. The number of furan rings is 1. The van der Waals surface area contributed by atoms with Crippen LogP contribution in [-0.4, -0.2) is 33.0 Å². The Labute approximate surface area is 188 Å². The SMILES string of the molecule is O=C(O)C(Cc1ccccc1)N1C(=O)/C(=C\c2ccc(-c3ccc(Cl)cc3)o2)NC1=S. The van der Waals surface area contributed by atoms with Crippen LogP contribution in [0, 0.1) is 0 Å². The van der Waals surface area contributed by atoms with Crippen molar-refractivity contribution in [3.8, 4) is 11.3 Å². The van der Waals surface area contributed by atoms with Gasteiger partial charge in [-0.1, -0.05) is 41.9 Å². The van der Waals surface area contributed by atoms with Crippen molar-refractivity contribution >= 4 is 46.9 Å². The summed E-state index contributed by atoms with van der Waals surface area (Å²) in [5.41, 5.74) is 1.79. The Balaban J connectivity index is 1.56. The third-order valence-electron chi connectivity index (χ3n) is 4.82. The molecule has 1 fully saturated rings. The number of benzene rings is 2. The summed E-state index contributed by atoms with van der Waals surface area (Å²) in [6, 6.07) is 18.6. The summed E-state index contributed by atoms with van der Waals surface area (Å²) < 4.78 is 5.80. The molecule has 3 aromatic rings. The van der Waals surface area contributed by atoms with Crippen molar-refractivity contribution in [3.05, 3.63) is 88.8 Å². The van der Waals surface area contributed by atoms with Gasteiger partial charge >= 0.3 is 5.97 Å². The Kier molecular flexibility index (Phi) is 5.88. The number of nitrogens with one attached hydrogen (secondary N) is 1. The lowest BCUT2D eigenvalue weighted by Gasteiger charge is -2.22. The van der Waals surface area contributed by atoms with Crippen LogP contribution in [0.15, 0.2) is 76.8 Å². The summed E-state index contributed by atoms with van der Waals surface area (Å²) in [6.45, 7) is 0. The van der Waals surface area contributed by atoms with Gasteiger partial charge in [0.25, 0.3) is 5.91 Å². The van der Waals surface area contributed by atoms with E-state index in [1.165, 1.54) is 6.08 Å². The number of carboxylic acids is 1. The molecule has 1 amide bonds. The number of carboxylic acid groups (broad SMARTS) is 1. The number of aliphatic carboxylic acids is 1. The zero-order valence-electron chi connectivity index (χ0n) is 16.1. The summed E-state index contributed by atoms with van der Waals surface area (Å²) in [5.74, 6) is -0.607. The first-order chi connectivity index (χ1) is 14.9. The van der Waals surface area contributed by atoms with Gasteiger partial charge in [0.05, 0.1) is 0 Å². The maximum Gasteiger partial charge on any atom is 0.327 e. The molecule has 0 saturated carbocycles. The zero-order chi connectivity index (χ0) is 22.0. The van der Waals surface area contributed by atoms with E-state index in [1.54, 1.807) is 24.3 Å². The number of hydrogen-bond donors (Lipinski definition) is 2. The summed E-state index contributed by atoms with van der Waals surface area (Å²) in [4.78, 5) is 26.0. The molecule has 0 aliphatic carbocycles. The number of rotatable bonds is 6. The number of hydrogen-bond acceptors (Lipinski definition) is 4. The van der Waals surface area contributed by atoms with Gasteiger partial charge in [0.1, 0.15) is 23.3 Å². The van der Waals surface area contributed by atoms with Gasteiger partial charge in [0.2, 0.25) is 0 Å². The molecule has 8 heteroatoms. The van der Waals surface area contributed by atoms with Crippen LogP contribution in [0.25, 0.3) is 17.4 Å². The molecule has 1 unspecified atom stereocenters. The lowest BCUT2D eigenvalue weighted by atomic mass is 10.0. The Hall–Kier alpha value is -3.42. The molecule has 2 N–H and O–H groups in total. The number of carbonyl (C=O) groups excluding carboxylic acids is 1. The monoisotopic (exact) mass is 452 g/mol. The molecule has 0 bridgehead atoms. The summed E-state index contributed by atoms with van der Waals surface area (Å²) in [5, 5.41) is 13.2. The number of carbonyl (C=O) groups is 2. The second kappa shape index (κ2) is 8.75. The van der Waals surface area contributed by atoms with Crippen molar-refractivity contribution in [2.45, 2.75) is 12.5 Å². The van der Waals surface area contributed by atoms with Gasteiger partial charge in [-0.15, -0.1) is 0 Å². The van der Waals surface area contributed by atoms with Gasteiger partial charge in [0.15, 0.2) is 5.11 Å².